The van der Waals surface area contributed by atoms with Gasteiger partial charge >= 0.3 is 0 Å². The highest BCUT2D eigenvalue weighted by Gasteiger charge is 2.13. The topological polar surface area (TPSA) is 103 Å². The molecule has 0 aliphatic heterocycles. The van der Waals surface area contributed by atoms with Crippen LogP contribution in [0.2, 0.25) is 5.02 Å². The fourth-order valence-corrected chi connectivity index (χ4v) is 3.64. The standard InChI is InChI=1S/C26H26ClN3O5/c1-4-34-24-13-20(15-28-29-25(31)14-21-8-5-17(2)11-18(21)3)12-23(27)26(24)35-16-19-6-9-22(10-7-19)30(32)33/h5-13,15H,4,14,16H2,1-3H3,(H,29,31)/b28-15+. The van der Waals surface area contributed by atoms with E-state index in [1.165, 1.54) is 18.3 Å². The van der Waals surface area contributed by atoms with Crippen LogP contribution in [0.3, 0.4) is 0 Å². The van der Waals surface area contributed by atoms with Crippen LogP contribution in [-0.4, -0.2) is 23.7 Å². The van der Waals surface area contributed by atoms with Crippen LogP contribution in [0.1, 0.15) is 34.7 Å². The zero-order valence-corrected chi connectivity index (χ0v) is 20.5. The van der Waals surface area contributed by atoms with Crippen LogP contribution in [0, 0.1) is 24.0 Å². The number of nitro benzene ring substituents is 1. The maximum absolute atomic E-state index is 12.3. The van der Waals surface area contributed by atoms with E-state index in [0.717, 1.165) is 22.3 Å². The number of benzene rings is 3. The molecular formula is C26H26ClN3O5. The molecule has 0 aliphatic carbocycles. The number of hydrazone groups is 1. The number of rotatable bonds is 10. The van der Waals surface area contributed by atoms with Crippen LogP contribution < -0.4 is 14.9 Å². The SMILES string of the molecule is CCOc1cc(/C=N/NC(=O)Cc2ccc(C)cc2C)cc(Cl)c1OCc1ccc([N+](=O)[O-])cc1. The summed E-state index contributed by atoms with van der Waals surface area (Å²) in [7, 11) is 0. The van der Waals surface area contributed by atoms with E-state index in [1.54, 1.807) is 24.3 Å². The zero-order valence-electron chi connectivity index (χ0n) is 19.7. The summed E-state index contributed by atoms with van der Waals surface area (Å²) in [6.45, 7) is 6.36. The number of amides is 1. The molecule has 3 aromatic rings. The van der Waals surface area contributed by atoms with Gasteiger partial charge in [0.1, 0.15) is 6.61 Å². The number of nitro groups is 1. The first-order valence-electron chi connectivity index (χ1n) is 11.0. The maximum Gasteiger partial charge on any atom is 0.269 e. The van der Waals surface area contributed by atoms with E-state index >= 15 is 0 Å². The highest BCUT2D eigenvalue weighted by Crippen LogP contribution is 2.37. The van der Waals surface area contributed by atoms with Crippen LogP contribution in [0.25, 0.3) is 0 Å². The predicted octanol–water partition coefficient (Wildman–Crippen LogP) is 5.54. The van der Waals surface area contributed by atoms with Crippen LogP contribution in [0.4, 0.5) is 5.69 Å². The molecule has 182 valence electrons. The Bertz CT molecular complexity index is 1240. The van der Waals surface area contributed by atoms with Gasteiger partial charge in [-0.1, -0.05) is 35.4 Å². The highest BCUT2D eigenvalue weighted by atomic mass is 35.5. The Morgan fingerprint density at radius 1 is 1.11 bits per heavy atom. The minimum absolute atomic E-state index is 0.00604. The number of non-ortho nitro benzene ring substituents is 1. The summed E-state index contributed by atoms with van der Waals surface area (Å²) in [5.74, 6) is 0.542. The van der Waals surface area contributed by atoms with E-state index < -0.39 is 4.92 Å². The molecule has 0 saturated heterocycles. The van der Waals surface area contributed by atoms with E-state index in [1.807, 2.05) is 39.0 Å². The Hall–Kier alpha value is -3.91. The van der Waals surface area contributed by atoms with Gasteiger partial charge in [-0.2, -0.15) is 5.10 Å². The largest absolute Gasteiger partial charge is 0.490 e. The first-order chi connectivity index (χ1) is 16.8. The van der Waals surface area contributed by atoms with E-state index in [-0.39, 0.29) is 24.6 Å². The van der Waals surface area contributed by atoms with Gasteiger partial charge in [0, 0.05) is 12.1 Å². The summed E-state index contributed by atoms with van der Waals surface area (Å²) in [6, 6.07) is 15.4. The van der Waals surface area contributed by atoms with Crippen LogP contribution in [-0.2, 0) is 17.8 Å². The van der Waals surface area contributed by atoms with Gasteiger partial charge in [-0.3, -0.25) is 14.9 Å². The normalized spacial score (nSPS) is 10.9. The molecule has 0 bridgehead atoms. The van der Waals surface area contributed by atoms with Crippen molar-refractivity contribution in [1.82, 2.24) is 5.43 Å². The lowest BCUT2D eigenvalue weighted by Gasteiger charge is -2.14. The van der Waals surface area contributed by atoms with Gasteiger partial charge in [-0.25, -0.2) is 5.43 Å². The number of halogens is 1. The van der Waals surface area contributed by atoms with Crippen molar-refractivity contribution in [2.75, 3.05) is 6.61 Å². The maximum atomic E-state index is 12.3. The molecule has 0 spiro atoms. The molecule has 0 atom stereocenters. The molecule has 0 radical (unpaired) electrons. The smallest absolute Gasteiger partial charge is 0.269 e. The lowest BCUT2D eigenvalue weighted by Crippen LogP contribution is -2.20. The molecule has 0 saturated carbocycles. The molecule has 35 heavy (non-hydrogen) atoms. The van der Waals surface area contributed by atoms with Gasteiger partial charge < -0.3 is 9.47 Å². The third-order valence-electron chi connectivity index (χ3n) is 5.11. The number of hydrogen-bond donors (Lipinski definition) is 1. The van der Waals surface area contributed by atoms with Gasteiger partial charge in [-0.05, 0) is 67.3 Å². The second-order valence-electron chi connectivity index (χ2n) is 7.88. The third kappa shape index (κ3) is 7.28. The molecular weight excluding hydrogens is 470 g/mol. The van der Waals surface area contributed by atoms with Crippen molar-refractivity contribution in [2.45, 2.75) is 33.8 Å². The monoisotopic (exact) mass is 495 g/mol. The molecule has 0 aromatic heterocycles. The number of carbonyl (C=O) groups excluding carboxylic acids is 1. The highest BCUT2D eigenvalue weighted by molar-refractivity contribution is 6.32. The number of hydrogen-bond acceptors (Lipinski definition) is 6. The minimum Gasteiger partial charge on any atom is -0.490 e. The first-order valence-corrected chi connectivity index (χ1v) is 11.3. The van der Waals surface area contributed by atoms with Crippen molar-refractivity contribution in [2.24, 2.45) is 5.10 Å². The number of nitrogens with zero attached hydrogens (tertiary/aromatic N) is 2. The molecule has 1 N–H and O–H groups in total. The molecule has 3 rings (SSSR count). The first kappa shape index (κ1) is 25.7. The number of aryl methyl sites for hydroxylation is 2. The number of carbonyl (C=O) groups is 1. The lowest BCUT2D eigenvalue weighted by molar-refractivity contribution is -0.384. The second-order valence-corrected chi connectivity index (χ2v) is 8.28. The molecule has 0 unspecified atom stereocenters. The quantitative estimate of drug-likeness (QED) is 0.226. The summed E-state index contributed by atoms with van der Waals surface area (Å²) in [5, 5.41) is 15.2. The summed E-state index contributed by atoms with van der Waals surface area (Å²) < 4.78 is 11.5. The molecule has 9 heteroatoms. The summed E-state index contributed by atoms with van der Waals surface area (Å²) >= 11 is 6.44. The van der Waals surface area contributed by atoms with Crippen molar-refractivity contribution in [1.29, 1.82) is 0 Å². The van der Waals surface area contributed by atoms with E-state index in [2.05, 4.69) is 10.5 Å². The third-order valence-corrected chi connectivity index (χ3v) is 5.39. The Kier molecular flexibility index (Phi) is 8.80. The van der Waals surface area contributed by atoms with Crippen LogP contribution in [0.5, 0.6) is 11.5 Å². The summed E-state index contributed by atoms with van der Waals surface area (Å²) in [5.41, 5.74) is 7.05. The average Bonchev–Trinajstić information content (AvgIpc) is 2.81. The minimum atomic E-state index is -0.457. The molecule has 0 aliphatic rings. The molecule has 0 heterocycles. The van der Waals surface area contributed by atoms with Gasteiger partial charge in [0.15, 0.2) is 11.5 Å². The molecule has 0 fully saturated rings. The van der Waals surface area contributed by atoms with Gasteiger partial charge in [0.05, 0.1) is 29.2 Å². The predicted molar refractivity (Wildman–Crippen MR) is 135 cm³/mol. The molecule has 3 aromatic carbocycles. The Balaban J connectivity index is 1.66. The van der Waals surface area contributed by atoms with Crippen molar-refractivity contribution < 1.29 is 19.2 Å². The average molecular weight is 496 g/mol. The van der Waals surface area contributed by atoms with E-state index in [4.69, 9.17) is 21.1 Å². The van der Waals surface area contributed by atoms with Crippen molar-refractivity contribution in [3.63, 3.8) is 0 Å². The zero-order chi connectivity index (χ0) is 25.4. The van der Waals surface area contributed by atoms with Crippen molar-refractivity contribution >= 4 is 29.4 Å². The summed E-state index contributed by atoms with van der Waals surface area (Å²) in [6.07, 6.45) is 1.71. The molecule has 8 nitrogen and oxygen atoms in total. The van der Waals surface area contributed by atoms with E-state index in [9.17, 15) is 14.9 Å². The van der Waals surface area contributed by atoms with Gasteiger partial charge in [0.2, 0.25) is 5.91 Å². The number of nitrogens with one attached hydrogen (secondary N) is 1. The van der Waals surface area contributed by atoms with Crippen LogP contribution >= 0.6 is 11.6 Å². The molecule has 1 amide bonds. The lowest BCUT2D eigenvalue weighted by atomic mass is 10.0. The number of ether oxygens (including phenoxy) is 2. The second kappa shape index (κ2) is 12.0. The fraction of sp³-hybridized carbons (Fsp3) is 0.231. The van der Waals surface area contributed by atoms with Gasteiger partial charge in [-0.15, -0.1) is 0 Å². The van der Waals surface area contributed by atoms with E-state index in [0.29, 0.717) is 28.7 Å². The van der Waals surface area contributed by atoms with Crippen LogP contribution in [0.15, 0.2) is 59.7 Å². The van der Waals surface area contributed by atoms with Crippen molar-refractivity contribution in [3.8, 4) is 11.5 Å². The van der Waals surface area contributed by atoms with Crippen molar-refractivity contribution in [3.05, 3.63) is 97.6 Å². The van der Waals surface area contributed by atoms with Gasteiger partial charge in [0.25, 0.3) is 5.69 Å². The summed E-state index contributed by atoms with van der Waals surface area (Å²) in [4.78, 5) is 22.6. The fourth-order valence-electron chi connectivity index (χ4n) is 3.37. The Morgan fingerprint density at radius 3 is 2.51 bits per heavy atom. The Morgan fingerprint density at radius 2 is 1.86 bits per heavy atom. The Labute approximate surface area is 208 Å².